The number of thiophene rings is 1. The van der Waals surface area contributed by atoms with E-state index in [4.69, 9.17) is 0 Å². The van der Waals surface area contributed by atoms with Gasteiger partial charge in [-0.1, -0.05) is 51.1 Å². The Labute approximate surface area is 211 Å². The van der Waals surface area contributed by atoms with E-state index in [2.05, 4.69) is 27.7 Å². The van der Waals surface area contributed by atoms with E-state index in [-0.39, 0.29) is 30.3 Å². The highest BCUT2D eigenvalue weighted by Crippen LogP contribution is 2.36. The van der Waals surface area contributed by atoms with Crippen molar-refractivity contribution in [3.63, 3.8) is 0 Å². The molecule has 4 heterocycles. The van der Waals surface area contributed by atoms with Crippen molar-refractivity contribution in [1.82, 2.24) is 10.2 Å². The smallest absolute Gasteiger partial charge is 0.261 e. The van der Waals surface area contributed by atoms with Crippen LogP contribution in [-0.2, 0) is 4.79 Å². The zero-order valence-electron chi connectivity index (χ0n) is 19.9. The molecule has 3 aromatic rings. The van der Waals surface area contributed by atoms with Crippen LogP contribution >= 0.6 is 23.7 Å². The predicted octanol–water partition coefficient (Wildman–Crippen LogP) is 5.80. The first-order chi connectivity index (χ1) is 15.8. The van der Waals surface area contributed by atoms with Crippen LogP contribution in [0.2, 0.25) is 0 Å². The Morgan fingerprint density at radius 1 is 1.03 bits per heavy atom. The van der Waals surface area contributed by atoms with Crippen LogP contribution in [0.1, 0.15) is 43.3 Å². The Morgan fingerprint density at radius 2 is 1.76 bits per heavy atom. The van der Waals surface area contributed by atoms with E-state index in [1.54, 1.807) is 11.3 Å². The first-order valence-electron chi connectivity index (χ1n) is 11.8. The van der Waals surface area contributed by atoms with Crippen molar-refractivity contribution in [2.24, 2.45) is 11.3 Å². The van der Waals surface area contributed by atoms with E-state index in [9.17, 15) is 9.59 Å². The summed E-state index contributed by atoms with van der Waals surface area (Å²) >= 11 is 1.55. The molecule has 0 unspecified atom stereocenters. The molecule has 5 nitrogen and oxygen atoms in total. The molecule has 2 aromatic carbocycles. The molecule has 3 aliphatic heterocycles. The Hall–Kier alpha value is -2.41. The third-order valence-electron chi connectivity index (χ3n) is 6.85. The second-order valence-corrected chi connectivity index (χ2v) is 11.4. The van der Waals surface area contributed by atoms with Gasteiger partial charge in [0.2, 0.25) is 5.91 Å². The van der Waals surface area contributed by atoms with Crippen LogP contribution in [0, 0.1) is 11.3 Å². The molecule has 3 saturated heterocycles. The number of rotatable bonds is 4. The van der Waals surface area contributed by atoms with Crippen LogP contribution in [0.3, 0.4) is 0 Å². The molecule has 0 spiro atoms. The number of nitrogens with one attached hydrogen (secondary N) is 2. The van der Waals surface area contributed by atoms with Gasteiger partial charge in [0.1, 0.15) is 0 Å². The molecular formula is C27H32ClN3O2S. The van der Waals surface area contributed by atoms with Gasteiger partial charge in [0.15, 0.2) is 0 Å². The summed E-state index contributed by atoms with van der Waals surface area (Å²) in [6, 6.07) is 16.4. The molecule has 2 amide bonds. The van der Waals surface area contributed by atoms with Crippen LogP contribution in [0.25, 0.3) is 21.2 Å². The zero-order chi connectivity index (χ0) is 23.2. The van der Waals surface area contributed by atoms with Crippen LogP contribution in [-0.4, -0.2) is 42.4 Å². The maximum atomic E-state index is 13.1. The fourth-order valence-corrected chi connectivity index (χ4v) is 5.95. The third kappa shape index (κ3) is 4.99. The van der Waals surface area contributed by atoms with Gasteiger partial charge < -0.3 is 15.5 Å². The number of hydrogen-bond acceptors (Lipinski definition) is 4. The van der Waals surface area contributed by atoms with Gasteiger partial charge in [-0.05, 0) is 66.6 Å². The number of halogens is 1. The number of nitrogens with zero attached hydrogens (tertiary/aromatic N) is 1. The number of fused-ring (bicyclic) bond motifs is 4. The molecular weight excluding hydrogens is 466 g/mol. The SMILES string of the molecule is CC(C)(C)C(=O)Nc1cccc(-c2cccc3cc(C(=O)N[C@H]4CN5CCC4CC5)sc23)c1.Cl. The van der Waals surface area contributed by atoms with Crippen molar-refractivity contribution in [3.05, 3.63) is 53.4 Å². The molecule has 3 fully saturated rings. The number of carbonyl (C=O) groups excluding carboxylic acids is 2. The van der Waals surface area contributed by atoms with E-state index in [0.717, 1.165) is 38.3 Å². The van der Waals surface area contributed by atoms with Crippen LogP contribution < -0.4 is 10.6 Å². The van der Waals surface area contributed by atoms with E-state index in [0.29, 0.717) is 5.92 Å². The monoisotopic (exact) mass is 497 g/mol. The van der Waals surface area contributed by atoms with Crippen molar-refractivity contribution in [1.29, 1.82) is 0 Å². The van der Waals surface area contributed by atoms with Gasteiger partial charge in [0.05, 0.1) is 4.88 Å². The molecule has 2 N–H and O–H groups in total. The summed E-state index contributed by atoms with van der Waals surface area (Å²) in [4.78, 5) is 28.7. The fourth-order valence-electron chi connectivity index (χ4n) is 4.85. The molecule has 34 heavy (non-hydrogen) atoms. The van der Waals surface area contributed by atoms with Crippen molar-refractivity contribution in [3.8, 4) is 11.1 Å². The van der Waals surface area contributed by atoms with Crippen LogP contribution in [0.4, 0.5) is 5.69 Å². The molecule has 1 atom stereocenters. The summed E-state index contributed by atoms with van der Waals surface area (Å²) in [5, 5.41) is 7.40. The van der Waals surface area contributed by atoms with Crippen molar-refractivity contribution in [2.45, 2.75) is 39.7 Å². The first-order valence-corrected chi connectivity index (χ1v) is 12.6. The minimum Gasteiger partial charge on any atom is -0.347 e. The second-order valence-electron chi connectivity index (χ2n) is 10.3. The summed E-state index contributed by atoms with van der Waals surface area (Å²) < 4.78 is 1.09. The van der Waals surface area contributed by atoms with E-state index in [1.165, 1.54) is 25.9 Å². The maximum Gasteiger partial charge on any atom is 0.261 e. The van der Waals surface area contributed by atoms with Crippen LogP contribution in [0.15, 0.2) is 48.5 Å². The second kappa shape index (κ2) is 9.68. The van der Waals surface area contributed by atoms with Crippen molar-refractivity contribution in [2.75, 3.05) is 25.0 Å². The Balaban J connectivity index is 0.00000274. The molecule has 0 radical (unpaired) electrons. The minimum atomic E-state index is -0.457. The molecule has 3 aliphatic rings. The lowest BCUT2D eigenvalue weighted by atomic mass is 9.84. The number of anilines is 1. The summed E-state index contributed by atoms with van der Waals surface area (Å²) in [6.07, 6.45) is 2.37. The van der Waals surface area contributed by atoms with Gasteiger partial charge in [-0.25, -0.2) is 0 Å². The fraction of sp³-hybridized carbons (Fsp3) is 0.407. The Bertz CT molecular complexity index is 1210. The number of amides is 2. The third-order valence-corrected chi connectivity index (χ3v) is 8.04. The molecule has 1 aromatic heterocycles. The van der Waals surface area contributed by atoms with E-state index in [1.807, 2.05) is 57.2 Å². The normalized spacial score (nSPS) is 21.7. The van der Waals surface area contributed by atoms with E-state index < -0.39 is 5.41 Å². The highest BCUT2D eigenvalue weighted by molar-refractivity contribution is 7.21. The van der Waals surface area contributed by atoms with E-state index >= 15 is 0 Å². The lowest BCUT2D eigenvalue weighted by molar-refractivity contribution is -0.123. The van der Waals surface area contributed by atoms with Gasteiger partial charge in [0.25, 0.3) is 5.91 Å². The number of benzene rings is 2. The topological polar surface area (TPSA) is 61.4 Å². The number of carbonyl (C=O) groups is 2. The number of hydrogen-bond donors (Lipinski definition) is 2. The van der Waals surface area contributed by atoms with Gasteiger partial charge in [-0.15, -0.1) is 23.7 Å². The molecule has 7 heteroatoms. The minimum absolute atomic E-state index is 0. The van der Waals surface area contributed by atoms with Crippen molar-refractivity contribution >= 4 is 51.3 Å². The Morgan fingerprint density at radius 3 is 2.44 bits per heavy atom. The highest BCUT2D eigenvalue weighted by atomic mass is 35.5. The Kier molecular flexibility index (Phi) is 7.04. The van der Waals surface area contributed by atoms with Gasteiger partial charge >= 0.3 is 0 Å². The average Bonchev–Trinajstić information content (AvgIpc) is 3.24. The van der Waals surface area contributed by atoms with Crippen molar-refractivity contribution < 1.29 is 9.59 Å². The highest BCUT2D eigenvalue weighted by Gasteiger charge is 2.35. The summed E-state index contributed by atoms with van der Waals surface area (Å²) in [5.41, 5.74) is 2.42. The van der Waals surface area contributed by atoms with Gasteiger partial charge in [0, 0.05) is 28.4 Å². The summed E-state index contributed by atoms with van der Waals surface area (Å²) in [5.74, 6) is 0.628. The molecule has 0 aliphatic carbocycles. The largest absolute Gasteiger partial charge is 0.347 e. The summed E-state index contributed by atoms with van der Waals surface area (Å²) in [6.45, 7) is 9.01. The lowest BCUT2D eigenvalue weighted by Gasteiger charge is -2.44. The molecule has 180 valence electrons. The molecule has 6 rings (SSSR count). The van der Waals surface area contributed by atoms with Gasteiger partial charge in [-0.2, -0.15) is 0 Å². The summed E-state index contributed by atoms with van der Waals surface area (Å²) in [7, 11) is 0. The standard InChI is InChI=1S/C27H31N3O2S.ClH/c1-27(2,3)26(32)28-20-8-4-6-18(14-20)21-9-5-7-19-15-23(33-24(19)21)25(31)29-22-16-30-12-10-17(22)11-13-30;/h4-9,14-15,17,22H,10-13,16H2,1-3H3,(H,28,32)(H,29,31);1H/t22-;/m0./s1. The van der Waals surface area contributed by atoms with Gasteiger partial charge in [-0.3, -0.25) is 9.59 Å². The quantitative estimate of drug-likeness (QED) is 0.479. The molecule has 2 bridgehead atoms. The average molecular weight is 498 g/mol. The zero-order valence-corrected chi connectivity index (χ0v) is 21.5. The lowest BCUT2D eigenvalue weighted by Crippen LogP contribution is -2.57. The molecule has 0 saturated carbocycles. The number of piperidine rings is 3. The predicted molar refractivity (Wildman–Crippen MR) is 143 cm³/mol. The first kappa shape index (κ1) is 24.7. The van der Waals surface area contributed by atoms with Crippen LogP contribution in [0.5, 0.6) is 0 Å². The maximum absolute atomic E-state index is 13.1.